The van der Waals surface area contributed by atoms with Crippen LogP contribution >= 0.6 is 0 Å². The lowest BCUT2D eigenvalue weighted by Gasteiger charge is -2.18. The molecule has 122 valence electrons. The van der Waals surface area contributed by atoms with Gasteiger partial charge in [-0.2, -0.15) is 0 Å². The molecule has 0 aliphatic carbocycles. The molecule has 0 saturated carbocycles. The Labute approximate surface area is 136 Å². The summed E-state index contributed by atoms with van der Waals surface area (Å²) < 4.78 is 5.12. The van der Waals surface area contributed by atoms with E-state index < -0.39 is 18.0 Å². The minimum absolute atomic E-state index is 0.282. The second kappa shape index (κ2) is 8.46. The van der Waals surface area contributed by atoms with E-state index in [2.05, 4.69) is 0 Å². The second-order valence-electron chi connectivity index (χ2n) is 5.45. The van der Waals surface area contributed by atoms with Crippen molar-refractivity contribution in [2.24, 2.45) is 0 Å². The van der Waals surface area contributed by atoms with Gasteiger partial charge in [0.15, 0.2) is 5.78 Å². The van der Waals surface area contributed by atoms with Crippen LogP contribution in [0.15, 0.2) is 54.6 Å². The lowest BCUT2D eigenvalue weighted by Crippen LogP contribution is -2.34. The topological polar surface area (TPSA) is 66.8 Å². The van der Waals surface area contributed by atoms with Gasteiger partial charge in [-0.3, -0.25) is 4.79 Å². The number of Topliss-reactive ketones (excluding diaryl/α,β-unsaturated/α-hetero) is 1. The Morgan fingerprint density at radius 2 is 1.70 bits per heavy atom. The summed E-state index contributed by atoms with van der Waals surface area (Å²) in [4.78, 5) is 12.3. The third kappa shape index (κ3) is 4.65. The average Bonchev–Trinajstić information content (AvgIpc) is 2.61. The second-order valence-corrected chi connectivity index (χ2v) is 5.45. The van der Waals surface area contributed by atoms with Crippen LogP contribution in [0.1, 0.15) is 28.8 Å². The van der Waals surface area contributed by atoms with Crippen molar-refractivity contribution in [2.75, 3.05) is 7.11 Å². The van der Waals surface area contributed by atoms with Crippen molar-refractivity contribution in [3.63, 3.8) is 0 Å². The number of benzene rings is 2. The van der Waals surface area contributed by atoms with Gasteiger partial charge in [-0.05, 0) is 37.0 Å². The van der Waals surface area contributed by atoms with E-state index in [0.717, 1.165) is 6.42 Å². The molecule has 0 amide bonds. The van der Waals surface area contributed by atoms with Gasteiger partial charge in [0.05, 0.1) is 18.8 Å². The van der Waals surface area contributed by atoms with Crippen molar-refractivity contribution in [1.82, 2.24) is 0 Å². The number of rotatable bonds is 8. The summed E-state index contributed by atoms with van der Waals surface area (Å²) in [6.07, 6.45) is -0.676. The first-order valence-electron chi connectivity index (χ1n) is 7.70. The molecule has 23 heavy (non-hydrogen) atoms. The van der Waals surface area contributed by atoms with Gasteiger partial charge in [-0.15, -0.1) is 0 Å². The SMILES string of the molecule is COc1ccccc1C(=O)[C@H](O)[C@H](O)CCCc1ccccc1. The van der Waals surface area contributed by atoms with Crippen LogP contribution in [-0.4, -0.2) is 35.3 Å². The molecule has 2 rings (SSSR count). The summed E-state index contributed by atoms with van der Waals surface area (Å²) in [6.45, 7) is 0. The van der Waals surface area contributed by atoms with Crippen molar-refractivity contribution in [3.8, 4) is 5.75 Å². The van der Waals surface area contributed by atoms with Crippen molar-refractivity contribution < 1.29 is 19.7 Å². The summed E-state index contributed by atoms with van der Waals surface area (Å²) in [7, 11) is 1.47. The number of methoxy groups -OCH3 is 1. The molecule has 2 aromatic rings. The number of aliphatic hydroxyl groups excluding tert-OH is 2. The molecule has 4 nitrogen and oxygen atoms in total. The molecule has 0 radical (unpaired) electrons. The van der Waals surface area contributed by atoms with Crippen LogP contribution in [0.4, 0.5) is 0 Å². The van der Waals surface area contributed by atoms with E-state index in [1.165, 1.54) is 12.7 Å². The molecule has 0 heterocycles. The van der Waals surface area contributed by atoms with Gasteiger partial charge >= 0.3 is 0 Å². The van der Waals surface area contributed by atoms with Crippen molar-refractivity contribution in [1.29, 1.82) is 0 Å². The highest BCUT2D eigenvalue weighted by Gasteiger charge is 2.26. The van der Waals surface area contributed by atoms with Gasteiger partial charge < -0.3 is 14.9 Å². The largest absolute Gasteiger partial charge is 0.496 e. The number of aryl methyl sites for hydroxylation is 1. The Morgan fingerprint density at radius 3 is 2.39 bits per heavy atom. The molecule has 0 fully saturated rings. The molecule has 4 heteroatoms. The fourth-order valence-electron chi connectivity index (χ4n) is 2.50. The minimum Gasteiger partial charge on any atom is -0.496 e. The number of carbonyl (C=O) groups excluding carboxylic acids is 1. The average molecular weight is 314 g/mol. The van der Waals surface area contributed by atoms with Crippen molar-refractivity contribution in [2.45, 2.75) is 31.5 Å². The molecule has 0 aliphatic rings. The summed E-state index contributed by atoms with van der Waals surface area (Å²) in [5.74, 6) is -0.123. The van der Waals surface area contributed by atoms with Crippen LogP contribution in [0.3, 0.4) is 0 Å². The first-order valence-corrected chi connectivity index (χ1v) is 7.70. The molecule has 0 aromatic heterocycles. The molecule has 2 N–H and O–H groups in total. The van der Waals surface area contributed by atoms with Crippen LogP contribution in [0.2, 0.25) is 0 Å². The molecule has 2 atom stereocenters. The van der Waals surface area contributed by atoms with E-state index in [0.29, 0.717) is 18.6 Å². The van der Waals surface area contributed by atoms with E-state index >= 15 is 0 Å². The number of hydrogen-bond donors (Lipinski definition) is 2. The van der Waals surface area contributed by atoms with Gasteiger partial charge in [0.1, 0.15) is 11.9 Å². The Balaban J connectivity index is 1.91. The molecule has 0 saturated heterocycles. The van der Waals surface area contributed by atoms with Crippen LogP contribution in [0, 0.1) is 0 Å². The fraction of sp³-hybridized carbons (Fsp3) is 0.316. The fourth-order valence-corrected chi connectivity index (χ4v) is 2.50. The molecular formula is C19H22O4. The van der Waals surface area contributed by atoms with Gasteiger partial charge in [0, 0.05) is 0 Å². The van der Waals surface area contributed by atoms with Crippen LogP contribution in [0.25, 0.3) is 0 Å². The van der Waals surface area contributed by atoms with Gasteiger partial charge in [-0.1, -0.05) is 42.5 Å². The lowest BCUT2D eigenvalue weighted by molar-refractivity contribution is 0.0169. The van der Waals surface area contributed by atoms with E-state index in [1.54, 1.807) is 24.3 Å². The molecule has 2 aromatic carbocycles. The maximum atomic E-state index is 12.3. The number of carbonyl (C=O) groups is 1. The molecule has 0 unspecified atom stereocenters. The summed E-state index contributed by atoms with van der Waals surface area (Å²) in [5, 5.41) is 20.2. The van der Waals surface area contributed by atoms with E-state index in [-0.39, 0.29) is 5.56 Å². The molecule has 0 aliphatic heterocycles. The van der Waals surface area contributed by atoms with Crippen molar-refractivity contribution >= 4 is 5.78 Å². The molecule has 0 bridgehead atoms. The standard InChI is InChI=1S/C19H22O4/c1-23-17-13-6-5-11-15(17)18(21)19(22)16(20)12-7-10-14-8-3-2-4-9-14/h2-6,8-9,11,13,16,19-20,22H,7,10,12H2,1H3/t16-,19-/m1/s1. The van der Waals surface area contributed by atoms with Crippen LogP contribution < -0.4 is 4.74 Å². The monoisotopic (exact) mass is 314 g/mol. The number of para-hydroxylation sites is 1. The Morgan fingerprint density at radius 1 is 1.04 bits per heavy atom. The zero-order valence-corrected chi connectivity index (χ0v) is 13.2. The third-order valence-corrected chi connectivity index (χ3v) is 3.81. The van der Waals surface area contributed by atoms with Crippen molar-refractivity contribution in [3.05, 3.63) is 65.7 Å². The highest BCUT2D eigenvalue weighted by molar-refractivity contribution is 6.02. The number of hydrogen-bond acceptors (Lipinski definition) is 4. The van der Waals surface area contributed by atoms with Gasteiger partial charge in [0.2, 0.25) is 0 Å². The quantitative estimate of drug-likeness (QED) is 0.735. The van der Waals surface area contributed by atoms with E-state index in [1.807, 2.05) is 30.3 Å². The highest BCUT2D eigenvalue weighted by atomic mass is 16.5. The zero-order chi connectivity index (χ0) is 16.7. The Bertz CT molecular complexity index is 624. The summed E-state index contributed by atoms with van der Waals surface area (Å²) >= 11 is 0. The maximum absolute atomic E-state index is 12.3. The smallest absolute Gasteiger partial charge is 0.197 e. The van der Waals surface area contributed by atoms with E-state index in [9.17, 15) is 15.0 Å². The highest BCUT2D eigenvalue weighted by Crippen LogP contribution is 2.21. The normalized spacial score (nSPS) is 13.3. The zero-order valence-electron chi connectivity index (χ0n) is 13.2. The predicted octanol–water partition coefficient (Wildman–Crippen LogP) is 2.62. The first-order chi connectivity index (χ1) is 11.1. The number of ketones is 1. The van der Waals surface area contributed by atoms with Gasteiger partial charge in [0.25, 0.3) is 0 Å². The number of ether oxygens (including phenoxy) is 1. The molecular weight excluding hydrogens is 292 g/mol. The summed E-state index contributed by atoms with van der Waals surface area (Å²) in [6, 6.07) is 16.6. The van der Waals surface area contributed by atoms with Gasteiger partial charge in [-0.25, -0.2) is 0 Å². The first kappa shape index (κ1) is 17.2. The van der Waals surface area contributed by atoms with Crippen LogP contribution in [-0.2, 0) is 6.42 Å². The predicted molar refractivity (Wildman–Crippen MR) is 88.7 cm³/mol. The van der Waals surface area contributed by atoms with Crippen LogP contribution in [0.5, 0.6) is 5.75 Å². The van der Waals surface area contributed by atoms with E-state index in [4.69, 9.17) is 4.74 Å². The Hall–Kier alpha value is -2.17. The number of aliphatic hydroxyl groups is 2. The summed E-state index contributed by atoms with van der Waals surface area (Å²) in [5.41, 5.74) is 1.45. The lowest BCUT2D eigenvalue weighted by atomic mass is 9.97. The Kier molecular flexibility index (Phi) is 6.32. The third-order valence-electron chi connectivity index (χ3n) is 3.81. The minimum atomic E-state index is -1.44. The molecule has 0 spiro atoms. The maximum Gasteiger partial charge on any atom is 0.197 e.